The monoisotopic (exact) mass is 1000 g/mol. The number of aliphatic hydroxyl groups is 3. The molecule has 3 fully saturated rings. The first kappa shape index (κ1) is 54.5. The highest BCUT2D eigenvalue weighted by Crippen LogP contribution is 2.64. The number of nitrogens with one attached hydrogen (secondary N) is 1. The second kappa shape index (κ2) is 21.5. The lowest BCUT2D eigenvalue weighted by Crippen LogP contribution is -2.82. The molecule has 1 amide bonds. The number of rotatable bonds is 14. The minimum atomic E-state index is -2.39. The Labute approximate surface area is 414 Å². The van der Waals surface area contributed by atoms with Crippen LogP contribution in [0.1, 0.15) is 99.5 Å². The minimum Gasteiger partial charge on any atom is -0.481 e. The zero-order valence-corrected chi connectivity index (χ0v) is 40.5. The molecule has 386 valence electrons. The molecule has 9 unspecified atom stereocenters. The lowest BCUT2D eigenvalue weighted by molar-refractivity contribution is -0.346. The van der Waals surface area contributed by atoms with Crippen molar-refractivity contribution in [1.82, 2.24) is 5.32 Å². The summed E-state index contributed by atoms with van der Waals surface area (Å²) < 4.78 is 30.3. The van der Waals surface area contributed by atoms with Gasteiger partial charge in [-0.05, 0) is 61.2 Å². The van der Waals surface area contributed by atoms with Crippen molar-refractivity contribution in [3.05, 3.63) is 119 Å². The van der Waals surface area contributed by atoms with E-state index < -0.39 is 131 Å². The Kier molecular flexibility index (Phi) is 16.3. The van der Waals surface area contributed by atoms with Gasteiger partial charge in [-0.1, -0.05) is 80.6 Å². The van der Waals surface area contributed by atoms with Gasteiger partial charge in [0.2, 0.25) is 0 Å². The molecule has 3 aromatic rings. The highest BCUT2D eigenvalue weighted by molar-refractivity contribution is 5.96. The highest BCUT2D eigenvalue weighted by atomic mass is 16.6. The van der Waals surface area contributed by atoms with Crippen molar-refractivity contribution >= 4 is 47.5 Å². The number of carboxylic acid groups (broad SMARTS) is 2. The third-order valence-electron chi connectivity index (χ3n) is 14.5. The summed E-state index contributed by atoms with van der Waals surface area (Å²) >= 11 is 0. The van der Waals surface area contributed by atoms with E-state index in [0.717, 1.165) is 13.8 Å². The summed E-state index contributed by atoms with van der Waals surface area (Å²) in [6.07, 6.45) is -10.7. The summed E-state index contributed by atoms with van der Waals surface area (Å²) in [5.74, 6) is -9.04. The number of amides is 1. The summed E-state index contributed by atoms with van der Waals surface area (Å²) in [6.45, 7) is 7.97. The van der Waals surface area contributed by atoms with E-state index in [2.05, 4.69) is 5.32 Å². The molecular formula is C52H60N2O18. The van der Waals surface area contributed by atoms with E-state index in [1.807, 2.05) is 0 Å². The smallest absolute Gasteiger partial charge is 0.338 e. The van der Waals surface area contributed by atoms with E-state index in [1.165, 1.54) is 26.0 Å². The summed E-state index contributed by atoms with van der Waals surface area (Å²) in [7, 11) is 0. The van der Waals surface area contributed by atoms with Crippen LogP contribution >= 0.6 is 0 Å². The molecule has 20 nitrogen and oxygen atoms in total. The number of aliphatic carboxylic acids is 2. The number of carbonyl (C=O) groups is 8. The predicted octanol–water partition coefficient (Wildman–Crippen LogP) is 3.00. The lowest BCUT2D eigenvalue weighted by Gasteiger charge is -2.67. The number of hydrogen-bond donors (Lipinski definition) is 7. The van der Waals surface area contributed by atoms with Crippen molar-refractivity contribution in [3.63, 3.8) is 0 Å². The largest absolute Gasteiger partial charge is 0.481 e. The number of fused-ring (bicyclic) bond motifs is 5. The van der Waals surface area contributed by atoms with Gasteiger partial charge in [0.15, 0.2) is 23.6 Å². The number of hydrogen-bond acceptors (Lipinski definition) is 17. The van der Waals surface area contributed by atoms with Crippen molar-refractivity contribution in [2.45, 2.75) is 127 Å². The van der Waals surface area contributed by atoms with Crippen molar-refractivity contribution in [1.29, 1.82) is 0 Å². The predicted molar refractivity (Wildman–Crippen MR) is 250 cm³/mol. The number of ether oxygens (including phenoxy) is 5. The zero-order chi connectivity index (χ0) is 53.1. The molecule has 1 saturated heterocycles. The average molecular weight is 1000 g/mol. The Morgan fingerprint density at radius 3 is 1.92 bits per heavy atom. The van der Waals surface area contributed by atoms with E-state index in [4.69, 9.17) is 39.6 Å². The van der Waals surface area contributed by atoms with Gasteiger partial charge in [0.25, 0.3) is 5.91 Å². The van der Waals surface area contributed by atoms with Crippen molar-refractivity contribution in [3.8, 4) is 0 Å². The van der Waals surface area contributed by atoms with Gasteiger partial charge in [-0.2, -0.15) is 0 Å². The molecule has 7 rings (SSSR count). The second-order valence-electron chi connectivity index (χ2n) is 19.2. The van der Waals surface area contributed by atoms with Crippen LogP contribution in [0, 0.1) is 16.7 Å². The van der Waals surface area contributed by atoms with E-state index in [1.54, 1.807) is 92.7 Å². The molecule has 20 heteroatoms. The Morgan fingerprint density at radius 1 is 0.833 bits per heavy atom. The lowest BCUT2D eigenvalue weighted by atomic mass is 9.44. The molecule has 3 aliphatic carbocycles. The van der Waals surface area contributed by atoms with Crippen LogP contribution in [-0.4, -0.2) is 134 Å². The number of Topliss-reactive ketones (excluding diaryl/α,β-unsaturated/α-hetero) is 1. The maximum atomic E-state index is 15.5. The Bertz CT molecular complexity index is 2590. The quantitative estimate of drug-likeness (QED) is 0.0693. The number of carboxylic acids is 2. The molecule has 2 bridgehead atoms. The molecule has 3 aromatic carbocycles. The molecule has 1 aliphatic heterocycles. The number of nitrogens with two attached hydrogens (primary N) is 1. The maximum Gasteiger partial charge on any atom is 0.338 e. The first-order valence-corrected chi connectivity index (χ1v) is 23.2. The standard InChI is InChI=1S/C47H51NO14.C5H9NO4/c1-25-31(60-43(56)36(52)35(28-16-10-7-11-17-28)48-41(54)29-18-12-8-13-19-29)23-47(57)40(61-42(55)30-20-14-9-15-21-30)38-45(6,32(51)22-33-46(38,24-58-33)62-27(3)50)39(53)37(59-26(2)49)34(25)44(47,4)5;6-3(5(9)10)1-2-4(7)8/h7-21,31-33,35-38,40,51-52,57H,22-24H2,1-6H3,(H,48,54);3H,1-2,6H2,(H,7,8)(H,9,10)/t31?,32?,33?,35?,36?,37?,38?,40?,45-,46+,47+;/m1./s1. The molecule has 0 radical (unpaired) electrons. The van der Waals surface area contributed by atoms with E-state index in [0.29, 0.717) is 5.56 Å². The summed E-state index contributed by atoms with van der Waals surface area (Å²) in [6, 6.07) is 21.9. The van der Waals surface area contributed by atoms with Gasteiger partial charge in [-0.3, -0.25) is 28.8 Å². The van der Waals surface area contributed by atoms with E-state index in [9.17, 15) is 48.9 Å². The Morgan fingerprint density at radius 2 is 1.40 bits per heavy atom. The van der Waals surface area contributed by atoms with Crippen molar-refractivity contribution in [2.75, 3.05) is 6.61 Å². The minimum absolute atomic E-state index is 0.00289. The molecular weight excluding hydrogens is 941 g/mol. The SMILES string of the molecule is CC(=O)OC1C(=O)[C@]2(C)C(O)CC3OC[C@@]3(OC(C)=O)C2C(OC(=O)c2ccccc2)[C@@]2(O)CC(OC(=O)C(O)C(NC(=O)c3ccccc3)c3ccccc3)C(C)=C1C2(C)C.NC(CCC(=O)O)C(=O)O. The molecule has 4 aliphatic rings. The van der Waals surface area contributed by atoms with Crippen LogP contribution in [0.5, 0.6) is 0 Å². The molecule has 1 heterocycles. The number of ketones is 1. The van der Waals surface area contributed by atoms with Gasteiger partial charge in [-0.25, -0.2) is 9.59 Å². The first-order chi connectivity index (χ1) is 33.8. The van der Waals surface area contributed by atoms with Gasteiger partial charge in [-0.15, -0.1) is 0 Å². The van der Waals surface area contributed by atoms with Crippen molar-refractivity contribution in [2.24, 2.45) is 22.5 Å². The fourth-order valence-electron chi connectivity index (χ4n) is 10.6. The zero-order valence-electron chi connectivity index (χ0n) is 40.5. The Balaban J connectivity index is 0.000000764. The number of aliphatic hydroxyl groups excluding tert-OH is 2. The van der Waals surface area contributed by atoms with Gasteiger partial charge < -0.3 is 60.3 Å². The van der Waals surface area contributed by atoms with Gasteiger partial charge in [0, 0.05) is 44.1 Å². The van der Waals surface area contributed by atoms with Crippen LogP contribution < -0.4 is 11.1 Å². The molecule has 2 saturated carbocycles. The molecule has 72 heavy (non-hydrogen) atoms. The van der Waals surface area contributed by atoms with Crippen LogP contribution in [0.25, 0.3) is 0 Å². The van der Waals surface area contributed by atoms with E-state index >= 15 is 4.79 Å². The van der Waals surface area contributed by atoms with Crippen LogP contribution in [-0.2, 0) is 52.5 Å². The van der Waals surface area contributed by atoms with Gasteiger partial charge in [0.05, 0.1) is 35.6 Å². The third kappa shape index (κ3) is 10.4. The van der Waals surface area contributed by atoms with Crippen LogP contribution in [0.3, 0.4) is 0 Å². The molecule has 12 atom stereocenters. The summed E-state index contributed by atoms with van der Waals surface area (Å²) in [5.41, 5.74) is -2.02. The topological polar surface area (TPSA) is 322 Å². The normalized spacial score (nSPS) is 29.2. The Hall–Kier alpha value is -6.84. The number of esters is 4. The van der Waals surface area contributed by atoms with Gasteiger partial charge in [0.1, 0.15) is 30.0 Å². The van der Waals surface area contributed by atoms with Crippen LogP contribution in [0.15, 0.2) is 102 Å². The maximum absolute atomic E-state index is 15.5. The van der Waals surface area contributed by atoms with Gasteiger partial charge >= 0.3 is 35.8 Å². The van der Waals surface area contributed by atoms with Crippen LogP contribution in [0.2, 0.25) is 0 Å². The number of carbonyl (C=O) groups excluding carboxylic acids is 6. The average Bonchev–Trinajstić information content (AvgIpc) is 3.33. The number of benzene rings is 3. The summed E-state index contributed by atoms with van der Waals surface area (Å²) in [4.78, 5) is 103. The first-order valence-electron chi connectivity index (χ1n) is 23.2. The van der Waals surface area contributed by atoms with Crippen molar-refractivity contribution < 1.29 is 87.6 Å². The molecule has 8 N–H and O–H groups in total. The fourth-order valence-corrected chi connectivity index (χ4v) is 10.6. The molecule has 0 aromatic heterocycles. The van der Waals surface area contributed by atoms with Crippen LogP contribution in [0.4, 0.5) is 0 Å². The highest BCUT2D eigenvalue weighted by Gasteiger charge is 2.78. The third-order valence-corrected chi connectivity index (χ3v) is 14.5. The summed E-state index contributed by atoms with van der Waals surface area (Å²) in [5, 5.41) is 56.5. The fraction of sp³-hybridized carbons (Fsp3) is 0.462. The second-order valence-corrected chi connectivity index (χ2v) is 19.2. The molecule has 0 spiro atoms. The van der Waals surface area contributed by atoms with E-state index in [-0.39, 0.29) is 48.1 Å².